The van der Waals surface area contributed by atoms with Crippen LogP contribution >= 0.6 is 0 Å². The van der Waals surface area contributed by atoms with Crippen LogP contribution in [-0.2, 0) is 9.59 Å². The Morgan fingerprint density at radius 2 is 1.93 bits per heavy atom. The van der Waals surface area contributed by atoms with Crippen molar-refractivity contribution >= 4 is 11.6 Å². The van der Waals surface area contributed by atoms with Crippen LogP contribution in [0, 0.1) is 0 Å². The molecule has 0 saturated heterocycles. The van der Waals surface area contributed by atoms with E-state index in [2.05, 4.69) is 0 Å². The van der Waals surface area contributed by atoms with Gasteiger partial charge in [0.15, 0.2) is 5.78 Å². The van der Waals surface area contributed by atoms with Crippen molar-refractivity contribution in [2.24, 2.45) is 0 Å². The standard InChI is InChI=1S/C10H13NO3/c1-7-5-10(14)8(6-9(7)13)11(2)3-4-12/h5-6,12H,3-4H2,1-2H3. The maximum Gasteiger partial charge on any atom is 0.202 e. The third kappa shape index (κ3) is 2.09. The first kappa shape index (κ1) is 10.7. The minimum absolute atomic E-state index is 0.0436. The van der Waals surface area contributed by atoms with Crippen LogP contribution in [0.2, 0.25) is 0 Å². The lowest BCUT2D eigenvalue weighted by atomic mass is 10.0. The molecular formula is C10H13NO3. The van der Waals surface area contributed by atoms with E-state index in [4.69, 9.17) is 5.11 Å². The molecule has 1 N–H and O–H groups in total. The largest absolute Gasteiger partial charge is 0.395 e. The fourth-order valence-electron chi connectivity index (χ4n) is 1.22. The molecule has 0 unspecified atom stereocenters. The van der Waals surface area contributed by atoms with Crippen molar-refractivity contribution in [3.05, 3.63) is 23.4 Å². The maximum atomic E-state index is 11.4. The van der Waals surface area contributed by atoms with E-state index < -0.39 is 0 Å². The molecule has 76 valence electrons. The molecule has 1 aliphatic rings. The number of rotatable bonds is 3. The summed E-state index contributed by atoms with van der Waals surface area (Å²) in [6.45, 7) is 1.91. The van der Waals surface area contributed by atoms with E-state index in [0.717, 1.165) is 0 Å². The monoisotopic (exact) mass is 195 g/mol. The summed E-state index contributed by atoms with van der Waals surface area (Å²) in [5.41, 5.74) is 0.797. The van der Waals surface area contributed by atoms with Crippen molar-refractivity contribution in [3.63, 3.8) is 0 Å². The second kappa shape index (κ2) is 4.19. The summed E-state index contributed by atoms with van der Waals surface area (Å²) in [5, 5.41) is 8.69. The minimum atomic E-state index is -0.182. The average molecular weight is 195 g/mol. The molecule has 1 aliphatic carbocycles. The first-order valence-corrected chi connectivity index (χ1v) is 4.37. The highest BCUT2D eigenvalue weighted by atomic mass is 16.3. The van der Waals surface area contributed by atoms with Gasteiger partial charge < -0.3 is 10.0 Å². The number of hydrogen-bond donors (Lipinski definition) is 1. The van der Waals surface area contributed by atoms with Crippen LogP contribution in [0.5, 0.6) is 0 Å². The van der Waals surface area contributed by atoms with E-state index in [1.54, 1.807) is 18.9 Å². The molecule has 0 heterocycles. The van der Waals surface area contributed by atoms with Crippen LogP contribution in [0.3, 0.4) is 0 Å². The molecule has 4 heteroatoms. The fraction of sp³-hybridized carbons (Fsp3) is 0.400. The van der Waals surface area contributed by atoms with Gasteiger partial charge in [-0.15, -0.1) is 0 Å². The van der Waals surface area contributed by atoms with Gasteiger partial charge in [-0.05, 0) is 13.0 Å². The number of ketones is 2. The molecule has 14 heavy (non-hydrogen) atoms. The third-order valence-electron chi connectivity index (χ3n) is 2.10. The maximum absolute atomic E-state index is 11.4. The lowest BCUT2D eigenvalue weighted by Crippen LogP contribution is -2.28. The quantitative estimate of drug-likeness (QED) is 0.638. The highest BCUT2D eigenvalue weighted by Gasteiger charge is 2.19. The summed E-state index contributed by atoms with van der Waals surface area (Å²) in [6, 6.07) is 0. The second-order valence-electron chi connectivity index (χ2n) is 3.23. The van der Waals surface area contributed by atoms with Crippen LogP contribution in [0.25, 0.3) is 0 Å². The van der Waals surface area contributed by atoms with Crippen molar-refractivity contribution in [1.29, 1.82) is 0 Å². The Kier molecular flexibility index (Phi) is 3.19. The van der Waals surface area contributed by atoms with Gasteiger partial charge >= 0.3 is 0 Å². The Morgan fingerprint density at radius 1 is 1.29 bits per heavy atom. The topological polar surface area (TPSA) is 57.6 Å². The molecule has 0 amide bonds. The van der Waals surface area contributed by atoms with Gasteiger partial charge in [0, 0.05) is 25.2 Å². The number of aliphatic hydroxyl groups excluding tert-OH is 1. The van der Waals surface area contributed by atoms with Crippen LogP contribution < -0.4 is 0 Å². The lowest BCUT2D eigenvalue weighted by molar-refractivity contribution is -0.116. The van der Waals surface area contributed by atoms with Crippen LogP contribution in [-0.4, -0.2) is 41.8 Å². The highest BCUT2D eigenvalue weighted by molar-refractivity contribution is 6.19. The molecule has 0 aliphatic heterocycles. The molecule has 0 aromatic carbocycles. The molecule has 0 saturated carbocycles. The summed E-state index contributed by atoms with van der Waals surface area (Å²) in [7, 11) is 1.67. The predicted molar refractivity (Wildman–Crippen MR) is 51.6 cm³/mol. The third-order valence-corrected chi connectivity index (χ3v) is 2.10. The molecular weight excluding hydrogens is 182 g/mol. The summed E-state index contributed by atoms with van der Waals surface area (Å²) in [4.78, 5) is 24.3. The molecule has 0 atom stereocenters. The summed E-state index contributed by atoms with van der Waals surface area (Å²) >= 11 is 0. The summed E-state index contributed by atoms with van der Waals surface area (Å²) < 4.78 is 0. The van der Waals surface area contributed by atoms with Crippen LogP contribution in [0.1, 0.15) is 6.92 Å². The normalized spacial score (nSPS) is 16.5. The molecule has 0 aromatic heterocycles. The Morgan fingerprint density at radius 3 is 2.50 bits per heavy atom. The van der Waals surface area contributed by atoms with Gasteiger partial charge in [0.25, 0.3) is 0 Å². The van der Waals surface area contributed by atoms with Gasteiger partial charge in [-0.1, -0.05) is 0 Å². The van der Waals surface area contributed by atoms with Gasteiger partial charge in [-0.2, -0.15) is 0 Å². The molecule has 1 rings (SSSR count). The van der Waals surface area contributed by atoms with Crippen molar-refractivity contribution in [3.8, 4) is 0 Å². The zero-order valence-corrected chi connectivity index (χ0v) is 8.28. The number of aliphatic hydroxyl groups is 1. The Labute approximate surface area is 82.5 Å². The minimum Gasteiger partial charge on any atom is -0.395 e. The molecule has 0 aromatic rings. The zero-order chi connectivity index (χ0) is 10.7. The lowest BCUT2D eigenvalue weighted by Gasteiger charge is -2.21. The molecule has 0 fully saturated rings. The number of hydrogen-bond acceptors (Lipinski definition) is 4. The molecule has 0 radical (unpaired) electrons. The Bertz CT molecular complexity index is 328. The van der Waals surface area contributed by atoms with Crippen molar-refractivity contribution in [1.82, 2.24) is 4.90 Å². The summed E-state index contributed by atoms with van der Waals surface area (Å²) in [6.07, 6.45) is 2.64. The highest BCUT2D eigenvalue weighted by Crippen LogP contribution is 2.13. The van der Waals surface area contributed by atoms with Crippen molar-refractivity contribution < 1.29 is 14.7 Å². The smallest absolute Gasteiger partial charge is 0.202 e. The van der Waals surface area contributed by atoms with E-state index in [9.17, 15) is 9.59 Å². The SMILES string of the molecule is CC1=CC(=O)C(N(C)CCO)=CC1=O. The first-order valence-electron chi connectivity index (χ1n) is 4.37. The molecule has 4 nitrogen and oxygen atoms in total. The van der Waals surface area contributed by atoms with Crippen LogP contribution in [0.15, 0.2) is 23.4 Å². The summed E-state index contributed by atoms with van der Waals surface area (Å²) in [5.74, 6) is -0.331. The number of carbonyl (C=O) groups excluding carboxylic acids is 2. The van der Waals surface area contributed by atoms with Gasteiger partial charge in [-0.3, -0.25) is 9.59 Å². The average Bonchev–Trinajstić information content (AvgIpc) is 2.11. The number of likely N-dealkylation sites (N-methyl/N-ethyl adjacent to an activating group) is 1. The van der Waals surface area contributed by atoms with Crippen molar-refractivity contribution in [2.75, 3.05) is 20.2 Å². The zero-order valence-electron chi connectivity index (χ0n) is 8.28. The predicted octanol–water partition coefficient (Wildman–Crippen LogP) is -0.108. The Hall–Kier alpha value is -1.42. The fourth-order valence-corrected chi connectivity index (χ4v) is 1.22. The number of carbonyl (C=O) groups is 2. The van der Waals surface area contributed by atoms with Gasteiger partial charge in [0.05, 0.1) is 12.3 Å². The van der Waals surface area contributed by atoms with E-state index in [0.29, 0.717) is 17.8 Å². The first-order chi connectivity index (χ1) is 6.56. The van der Waals surface area contributed by atoms with E-state index in [1.807, 2.05) is 0 Å². The Balaban J connectivity index is 2.86. The van der Waals surface area contributed by atoms with E-state index >= 15 is 0 Å². The van der Waals surface area contributed by atoms with E-state index in [1.165, 1.54) is 12.2 Å². The van der Waals surface area contributed by atoms with Gasteiger partial charge in [-0.25, -0.2) is 0 Å². The van der Waals surface area contributed by atoms with Gasteiger partial charge in [0.1, 0.15) is 0 Å². The number of nitrogens with zero attached hydrogens (tertiary/aromatic N) is 1. The van der Waals surface area contributed by atoms with Gasteiger partial charge in [0.2, 0.25) is 5.78 Å². The van der Waals surface area contributed by atoms with Crippen LogP contribution in [0.4, 0.5) is 0 Å². The second-order valence-corrected chi connectivity index (χ2v) is 3.23. The number of allylic oxidation sites excluding steroid dienone is 3. The molecule has 0 spiro atoms. The molecule has 0 bridgehead atoms. The van der Waals surface area contributed by atoms with Crippen molar-refractivity contribution in [2.45, 2.75) is 6.92 Å². The van der Waals surface area contributed by atoms with E-state index in [-0.39, 0.29) is 18.2 Å².